The quantitative estimate of drug-likeness (QED) is 0.758. The smallest absolute Gasteiger partial charge is 0.193 e. The van der Waals surface area contributed by atoms with Crippen molar-refractivity contribution >= 4 is 16.3 Å². The number of aliphatic hydroxyl groups excluding tert-OH is 1. The van der Waals surface area contributed by atoms with Crippen LogP contribution in [0.5, 0.6) is 5.75 Å². The Balaban J connectivity index is 1.47. The number of hydrogen-bond donors (Lipinski definition) is 1. The molecule has 0 saturated carbocycles. The summed E-state index contributed by atoms with van der Waals surface area (Å²) in [4.78, 5) is 5.43. The highest BCUT2D eigenvalue weighted by Gasteiger charge is 2.09. The zero-order chi connectivity index (χ0) is 13.8. The van der Waals surface area contributed by atoms with Crippen molar-refractivity contribution in [1.29, 1.82) is 0 Å². The van der Waals surface area contributed by atoms with Gasteiger partial charge in [-0.3, -0.25) is 4.40 Å². The molecule has 1 atom stereocenters. The average molecular weight is 288 g/mol. The first-order valence-electron chi connectivity index (χ1n) is 6.58. The molecule has 0 aliphatic rings. The van der Waals surface area contributed by atoms with E-state index in [-0.39, 0.29) is 0 Å². The van der Waals surface area contributed by atoms with Crippen molar-refractivity contribution in [2.45, 2.75) is 18.9 Å². The number of aliphatic hydroxyl groups is 1. The zero-order valence-electron chi connectivity index (χ0n) is 11.0. The van der Waals surface area contributed by atoms with Crippen molar-refractivity contribution in [3.63, 3.8) is 0 Å². The van der Waals surface area contributed by atoms with E-state index in [4.69, 9.17) is 4.74 Å². The summed E-state index contributed by atoms with van der Waals surface area (Å²) in [7, 11) is 0. The lowest BCUT2D eigenvalue weighted by atomic mass is 10.1. The van der Waals surface area contributed by atoms with Crippen molar-refractivity contribution in [3.05, 3.63) is 53.8 Å². The standard InChI is InChI=1S/C15H16N2O2S/c18-13(6-8-19-14-4-2-1-3-5-14)10-12-11-17-7-9-20-15(17)16-12/h1-5,7,9,11,13,18H,6,8,10H2. The topological polar surface area (TPSA) is 46.8 Å². The molecule has 1 aromatic carbocycles. The van der Waals surface area contributed by atoms with Gasteiger partial charge in [0.15, 0.2) is 4.96 Å². The van der Waals surface area contributed by atoms with Gasteiger partial charge in [0.05, 0.1) is 18.4 Å². The van der Waals surface area contributed by atoms with Gasteiger partial charge in [0.25, 0.3) is 0 Å². The zero-order valence-corrected chi connectivity index (χ0v) is 11.8. The van der Waals surface area contributed by atoms with Crippen molar-refractivity contribution in [1.82, 2.24) is 9.38 Å². The minimum absolute atomic E-state index is 0.427. The number of ether oxygens (including phenoxy) is 1. The Morgan fingerprint density at radius 3 is 2.95 bits per heavy atom. The molecule has 1 unspecified atom stereocenters. The summed E-state index contributed by atoms with van der Waals surface area (Å²) in [5.74, 6) is 0.835. The second kappa shape index (κ2) is 6.07. The summed E-state index contributed by atoms with van der Waals surface area (Å²) in [6.07, 6.45) is 4.67. The van der Waals surface area contributed by atoms with Crippen LogP contribution >= 0.6 is 11.3 Å². The fraction of sp³-hybridized carbons (Fsp3) is 0.267. The Hall–Kier alpha value is -1.85. The molecule has 0 spiro atoms. The lowest BCUT2D eigenvalue weighted by Gasteiger charge is -2.10. The van der Waals surface area contributed by atoms with Crippen LogP contribution in [0.25, 0.3) is 4.96 Å². The van der Waals surface area contributed by atoms with E-state index in [9.17, 15) is 5.11 Å². The molecule has 2 aromatic heterocycles. The van der Waals surface area contributed by atoms with Crippen LogP contribution in [0.4, 0.5) is 0 Å². The number of imidazole rings is 1. The molecular formula is C15H16N2O2S. The molecule has 4 nitrogen and oxygen atoms in total. The van der Waals surface area contributed by atoms with Crippen LogP contribution in [0.15, 0.2) is 48.1 Å². The van der Waals surface area contributed by atoms with Crippen molar-refractivity contribution in [3.8, 4) is 5.75 Å². The number of fused-ring (bicyclic) bond motifs is 1. The Morgan fingerprint density at radius 1 is 1.30 bits per heavy atom. The SMILES string of the molecule is OC(CCOc1ccccc1)Cc1cn2ccsc2n1. The molecule has 0 aliphatic carbocycles. The summed E-state index contributed by atoms with van der Waals surface area (Å²) in [6.45, 7) is 0.507. The summed E-state index contributed by atoms with van der Waals surface area (Å²) >= 11 is 1.60. The van der Waals surface area contributed by atoms with Gasteiger partial charge >= 0.3 is 0 Å². The average Bonchev–Trinajstić information content (AvgIpc) is 3.01. The van der Waals surface area contributed by atoms with Gasteiger partial charge in [0.1, 0.15) is 5.75 Å². The summed E-state index contributed by atoms with van der Waals surface area (Å²) < 4.78 is 7.55. The predicted octanol–water partition coefficient (Wildman–Crippen LogP) is 2.77. The van der Waals surface area contributed by atoms with Crippen molar-refractivity contribution < 1.29 is 9.84 Å². The summed E-state index contributed by atoms with van der Waals surface area (Å²) in [5, 5.41) is 12.0. The van der Waals surface area contributed by atoms with Gasteiger partial charge in [-0.05, 0) is 12.1 Å². The number of aromatic nitrogens is 2. The van der Waals surface area contributed by atoms with E-state index in [1.165, 1.54) is 0 Å². The lowest BCUT2D eigenvalue weighted by Crippen LogP contribution is -2.15. The summed E-state index contributed by atoms with van der Waals surface area (Å²) in [6, 6.07) is 9.64. The number of benzene rings is 1. The highest BCUT2D eigenvalue weighted by Crippen LogP contribution is 2.14. The second-order valence-electron chi connectivity index (χ2n) is 4.63. The maximum absolute atomic E-state index is 10.0. The van der Waals surface area contributed by atoms with E-state index in [2.05, 4.69) is 4.98 Å². The van der Waals surface area contributed by atoms with Crippen LogP contribution in [0.3, 0.4) is 0 Å². The fourth-order valence-electron chi connectivity index (χ4n) is 2.05. The number of thiazole rings is 1. The van der Waals surface area contributed by atoms with E-state index < -0.39 is 6.10 Å². The molecule has 0 aliphatic heterocycles. The van der Waals surface area contributed by atoms with Gasteiger partial charge in [-0.2, -0.15) is 0 Å². The molecule has 20 heavy (non-hydrogen) atoms. The van der Waals surface area contributed by atoms with Gasteiger partial charge in [-0.1, -0.05) is 18.2 Å². The maximum Gasteiger partial charge on any atom is 0.193 e. The van der Waals surface area contributed by atoms with Crippen LogP contribution in [0.1, 0.15) is 12.1 Å². The van der Waals surface area contributed by atoms with Gasteiger partial charge in [-0.25, -0.2) is 4.98 Å². The maximum atomic E-state index is 10.0. The highest BCUT2D eigenvalue weighted by molar-refractivity contribution is 7.15. The van der Waals surface area contributed by atoms with Gasteiger partial charge in [-0.15, -0.1) is 11.3 Å². The van der Waals surface area contributed by atoms with E-state index in [1.54, 1.807) is 11.3 Å². The molecule has 2 heterocycles. The Labute approximate surface area is 121 Å². The van der Waals surface area contributed by atoms with E-state index in [0.717, 1.165) is 16.4 Å². The molecule has 104 valence electrons. The van der Waals surface area contributed by atoms with Crippen molar-refractivity contribution in [2.75, 3.05) is 6.61 Å². The summed E-state index contributed by atoms with van der Waals surface area (Å²) in [5.41, 5.74) is 0.920. The molecule has 0 amide bonds. The van der Waals surface area contributed by atoms with Gasteiger partial charge < -0.3 is 9.84 Å². The molecule has 1 N–H and O–H groups in total. The first kappa shape index (κ1) is 13.1. The first-order chi connectivity index (χ1) is 9.81. The van der Waals surface area contributed by atoms with Crippen LogP contribution in [-0.2, 0) is 6.42 Å². The fourth-order valence-corrected chi connectivity index (χ4v) is 2.77. The van der Waals surface area contributed by atoms with Crippen LogP contribution in [-0.4, -0.2) is 27.2 Å². The third-order valence-electron chi connectivity index (χ3n) is 3.05. The second-order valence-corrected chi connectivity index (χ2v) is 5.51. The van der Waals surface area contributed by atoms with E-state index in [0.29, 0.717) is 19.4 Å². The third-order valence-corrected chi connectivity index (χ3v) is 3.82. The molecule has 0 bridgehead atoms. The van der Waals surface area contributed by atoms with E-state index in [1.807, 2.05) is 52.5 Å². The van der Waals surface area contributed by atoms with Crippen molar-refractivity contribution in [2.24, 2.45) is 0 Å². The molecular weight excluding hydrogens is 272 g/mol. The minimum atomic E-state index is -0.427. The largest absolute Gasteiger partial charge is 0.493 e. The first-order valence-corrected chi connectivity index (χ1v) is 7.46. The van der Waals surface area contributed by atoms with Crippen LogP contribution in [0.2, 0.25) is 0 Å². The number of para-hydroxylation sites is 1. The highest BCUT2D eigenvalue weighted by atomic mass is 32.1. The third kappa shape index (κ3) is 3.18. The molecule has 3 rings (SSSR count). The molecule has 3 aromatic rings. The number of rotatable bonds is 6. The molecule has 5 heteroatoms. The van der Waals surface area contributed by atoms with Crippen LogP contribution < -0.4 is 4.74 Å². The van der Waals surface area contributed by atoms with Crippen LogP contribution in [0, 0.1) is 0 Å². The predicted molar refractivity (Wildman–Crippen MR) is 79.3 cm³/mol. The monoisotopic (exact) mass is 288 g/mol. The van der Waals surface area contributed by atoms with Gasteiger partial charge in [0, 0.05) is 30.6 Å². The Morgan fingerprint density at radius 2 is 2.15 bits per heavy atom. The molecule has 0 fully saturated rings. The Bertz CT molecular complexity index is 634. The lowest BCUT2D eigenvalue weighted by molar-refractivity contribution is 0.138. The molecule has 0 radical (unpaired) electrons. The number of nitrogens with zero attached hydrogens (tertiary/aromatic N) is 2. The molecule has 0 saturated heterocycles. The van der Waals surface area contributed by atoms with Gasteiger partial charge in [0.2, 0.25) is 0 Å². The van der Waals surface area contributed by atoms with E-state index >= 15 is 0 Å². The normalized spacial score (nSPS) is 12.7. The minimum Gasteiger partial charge on any atom is -0.493 e. The Kier molecular flexibility index (Phi) is 3.99. The number of hydrogen-bond acceptors (Lipinski definition) is 4.